The van der Waals surface area contributed by atoms with Crippen molar-refractivity contribution in [3.63, 3.8) is 0 Å². The van der Waals surface area contributed by atoms with Gasteiger partial charge in [-0.3, -0.25) is 0 Å². The molecule has 3 nitrogen and oxygen atoms in total. The standard InChI is InChI=1S/C11H15N3S/c1-14(5-6-15-2)10-3-4-11(13)9(7-10)8-12/h3-4,7H,5-6,13H2,1-2H3. The van der Waals surface area contributed by atoms with E-state index in [2.05, 4.69) is 17.2 Å². The van der Waals surface area contributed by atoms with Crippen LogP contribution in [0.1, 0.15) is 5.56 Å². The highest BCUT2D eigenvalue weighted by molar-refractivity contribution is 7.98. The van der Waals surface area contributed by atoms with Gasteiger partial charge in [0.15, 0.2) is 0 Å². The van der Waals surface area contributed by atoms with Crippen molar-refractivity contribution in [2.24, 2.45) is 0 Å². The van der Waals surface area contributed by atoms with Gasteiger partial charge in [0.2, 0.25) is 0 Å². The molecule has 0 amide bonds. The molecule has 15 heavy (non-hydrogen) atoms. The van der Waals surface area contributed by atoms with Crippen molar-refractivity contribution < 1.29 is 0 Å². The zero-order valence-corrected chi connectivity index (χ0v) is 9.84. The van der Waals surface area contributed by atoms with E-state index in [-0.39, 0.29) is 0 Å². The van der Waals surface area contributed by atoms with E-state index in [1.807, 2.05) is 19.2 Å². The average molecular weight is 221 g/mol. The van der Waals surface area contributed by atoms with Crippen molar-refractivity contribution in [2.45, 2.75) is 0 Å². The number of rotatable bonds is 4. The van der Waals surface area contributed by atoms with Gasteiger partial charge in [0.05, 0.1) is 5.56 Å². The predicted octanol–water partition coefficient (Wildman–Crippen LogP) is 1.94. The molecule has 0 aliphatic rings. The molecule has 0 bridgehead atoms. The lowest BCUT2D eigenvalue weighted by Crippen LogP contribution is -2.20. The van der Waals surface area contributed by atoms with Gasteiger partial charge < -0.3 is 10.6 Å². The fraction of sp³-hybridized carbons (Fsp3) is 0.364. The van der Waals surface area contributed by atoms with Crippen LogP contribution in [0.4, 0.5) is 11.4 Å². The first-order valence-corrected chi connectivity index (χ1v) is 6.08. The Kier molecular flexibility index (Phi) is 4.32. The minimum atomic E-state index is 0.541. The van der Waals surface area contributed by atoms with Crippen LogP contribution in [-0.4, -0.2) is 25.6 Å². The highest BCUT2D eigenvalue weighted by Gasteiger charge is 2.03. The average Bonchev–Trinajstić information content (AvgIpc) is 2.26. The van der Waals surface area contributed by atoms with Crippen molar-refractivity contribution in [3.8, 4) is 6.07 Å². The summed E-state index contributed by atoms with van der Waals surface area (Å²) in [4.78, 5) is 2.12. The molecule has 80 valence electrons. The molecule has 0 saturated heterocycles. The Morgan fingerprint density at radius 2 is 2.27 bits per heavy atom. The number of nitriles is 1. The van der Waals surface area contributed by atoms with Crippen LogP contribution < -0.4 is 10.6 Å². The van der Waals surface area contributed by atoms with E-state index in [0.717, 1.165) is 18.0 Å². The van der Waals surface area contributed by atoms with Gasteiger partial charge in [0.25, 0.3) is 0 Å². The van der Waals surface area contributed by atoms with Crippen LogP contribution in [0.2, 0.25) is 0 Å². The second kappa shape index (κ2) is 5.52. The van der Waals surface area contributed by atoms with Crippen LogP contribution in [0.25, 0.3) is 0 Å². The lowest BCUT2D eigenvalue weighted by Gasteiger charge is -2.19. The van der Waals surface area contributed by atoms with Crippen molar-refractivity contribution in [3.05, 3.63) is 23.8 Å². The molecule has 0 unspecified atom stereocenters. The third-order valence-corrected chi connectivity index (χ3v) is 2.82. The van der Waals surface area contributed by atoms with E-state index in [4.69, 9.17) is 11.0 Å². The van der Waals surface area contributed by atoms with Gasteiger partial charge in [-0.2, -0.15) is 17.0 Å². The topological polar surface area (TPSA) is 53.0 Å². The number of hydrogen-bond acceptors (Lipinski definition) is 4. The maximum absolute atomic E-state index is 8.85. The SMILES string of the molecule is CSCCN(C)c1ccc(N)c(C#N)c1. The summed E-state index contributed by atoms with van der Waals surface area (Å²) in [7, 11) is 2.02. The fourth-order valence-corrected chi connectivity index (χ4v) is 1.69. The van der Waals surface area contributed by atoms with Crippen molar-refractivity contribution in [1.29, 1.82) is 5.26 Å². The molecule has 0 aromatic heterocycles. The van der Waals surface area contributed by atoms with Crippen LogP contribution in [-0.2, 0) is 0 Å². The number of anilines is 2. The normalized spacial score (nSPS) is 9.67. The van der Waals surface area contributed by atoms with Crippen LogP contribution in [0, 0.1) is 11.3 Å². The summed E-state index contributed by atoms with van der Waals surface area (Å²) in [6.45, 7) is 0.968. The second-order valence-electron chi connectivity index (χ2n) is 3.30. The summed E-state index contributed by atoms with van der Waals surface area (Å²) in [5.41, 5.74) is 7.78. The van der Waals surface area contributed by atoms with Gasteiger partial charge in [0, 0.05) is 30.7 Å². The number of nitrogens with two attached hydrogens (primary N) is 1. The molecule has 1 aromatic carbocycles. The van der Waals surface area contributed by atoms with Gasteiger partial charge in [-0.15, -0.1) is 0 Å². The van der Waals surface area contributed by atoms with Gasteiger partial charge in [-0.25, -0.2) is 0 Å². The van der Waals surface area contributed by atoms with Gasteiger partial charge in [-0.05, 0) is 24.5 Å². The van der Waals surface area contributed by atoms with Crippen LogP contribution in [0.3, 0.4) is 0 Å². The molecular formula is C11H15N3S. The monoisotopic (exact) mass is 221 g/mol. The molecule has 0 spiro atoms. The summed E-state index contributed by atoms with van der Waals surface area (Å²) in [5.74, 6) is 1.07. The molecule has 0 aliphatic carbocycles. The molecule has 0 fully saturated rings. The quantitative estimate of drug-likeness (QED) is 0.789. The predicted molar refractivity (Wildman–Crippen MR) is 67.2 cm³/mol. The summed E-state index contributed by atoms with van der Waals surface area (Å²) >= 11 is 1.81. The first-order valence-electron chi connectivity index (χ1n) is 4.68. The van der Waals surface area contributed by atoms with E-state index < -0.39 is 0 Å². The smallest absolute Gasteiger partial charge is 0.101 e. The Bertz CT molecular complexity index is 371. The molecular weight excluding hydrogens is 206 g/mol. The molecule has 4 heteroatoms. The summed E-state index contributed by atoms with van der Waals surface area (Å²) in [6.07, 6.45) is 2.08. The van der Waals surface area contributed by atoms with Gasteiger partial charge in [0.1, 0.15) is 6.07 Å². The van der Waals surface area contributed by atoms with Crippen LogP contribution in [0.5, 0.6) is 0 Å². The number of nitrogens with zero attached hydrogens (tertiary/aromatic N) is 2. The van der Waals surface area contributed by atoms with Gasteiger partial charge in [-0.1, -0.05) is 0 Å². The number of thioether (sulfide) groups is 1. The zero-order valence-electron chi connectivity index (χ0n) is 9.03. The Labute approximate surface area is 94.9 Å². The molecule has 0 aliphatic heterocycles. The van der Waals surface area contributed by atoms with Crippen molar-refractivity contribution >= 4 is 23.1 Å². The van der Waals surface area contributed by atoms with E-state index in [1.165, 1.54) is 0 Å². The fourth-order valence-electron chi connectivity index (χ4n) is 1.24. The lowest BCUT2D eigenvalue weighted by molar-refractivity contribution is 0.978. The highest BCUT2D eigenvalue weighted by Crippen LogP contribution is 2.19. The molecule has 1 rings (SSSR count). The molecule has 2 N–H and O–H groups in total. The third-order valence-electron chi connectivity index (χ3n) is 2.23. The summed E-state index contributed by atoms with van der Waals surface area (Å²) in [5, 5.41) is 8.85. The minimum Gasteiger partial charge on any atom is -0.398 e. The highest BCUT2D eigenvalue weighted by atomic mass is 32.2. The Morgan fingerprint density at radius 3 is 2.87 bits per heavy atom. The first-order chi connectivity index (χ1) is 7.19. The number of hydrogen-bond donors (Lipinski definition) is 1. The lowest BCUT2D eigenvalue weighted by atomic mass is 10.1. The molecule has 0 radical (unpaired) electrons. The molecule has 0 saturated carbocycles. The minimum absolute atomic E-state index is 0.541. The maximum atomic E-state index is 8.85. The van der Waals surface area contributed by atoms with Crippen LogP contribution >= 0.6 is 11.8 Å². The first kappa shape index (κ1) is 11.7. The van der Waals surface area contributed by atoms with E-state index in [9.17, 15) is 0 Å². The molecule has 0 heterocycles. The maximum Gasteiger partial charge on any atom is 0.101 e. The molecule has 1 aromatic rings. The second-order valence-corrected chi connectivity index (χ2v) is 4.28. The van der Waals surface area contributed by atoms with E-state index >= 15 is 0 Å². The largest absolute Gasteiger partial charge is 0.398 e. The summed E-state index contributed by atoms with van der Waals surface area (Å²) in [6, 6.07) is 7.64. The van der Waals surface area contributed by atoms with Crippen LogP contribution in [0.15, 0.2) is 18.2 Å². The van der Waals surface area contributed by atoms with Crippen molar-refractivity contribution in [2.75, 3.05) is 36.2 Å². The van der Waals surface area contributed by atoms with E-state index in [0.29, 0.717) is 11.3 Å². The number of nitrogen functional groups attached to an aromatic ring is 1. The Hall–Kier alpha value is -1.34. The molecule has 0 atom stereocenters. The Balaban J connectivity index is 2.82. The Morgan fingerprint density at radius 1 is 1.53 bits per heavy atom. The van der Waals surface area contributed by atoms with Crippen molar-refractivity contribution in [1.82, 2.24) is 0 Å². The summed E-state index contributed by atoms with van der Waals surface area (Å²) < 4.78 is 0. The number of benzene rings is 1. The zero-order chi connectivity index (χ0) is 11.3. The van der Waals surface area contributed by atoms with Gasteiger partial charge >= 0.3 is 0 Å². The van der Waals surface area contributed by atoms with E-state index in [1.54, 1.807) is 17.8 Å². The third kappa shape index (κ3) is 3.07.